The van der Waals surface area contributed by atoms with Gasteiger partial charge in [0.2, 0.25) is 5.91 Å². The largest absolute Gasteiger partial charge is 0.488 e. The Kier molecular flexibility index (Phi) is 9.42. The third-order valence-electron chi connectivity index (χ3n) is 5.47. The fourth-order valence-electron chi connectivity index (χ4n) is 3.78. The molecular weight excluding hydrogens is 506 g/mol. The number of carbonyl (C=O) groups is 2. The Hall–Kier alpha value is -3.53. The molecule has 4 rings (SSSR count). The second kappa shape index (κ2) is 13.1. The number of nitrogens with zero attached hydrogens (tertiary/aromatic N) is 1. The molecule has 2 amide bonds. The summed E-state index contributed by atoms with van der Waals surface area (Å²) < 4.78 is 11.2. The molecule has 0 saturated heterocycles. The van der Waals surface area contributed by atoms with Crippen LogP contribution in [0.3, 0.4) is 0 Å². The quantitative estimate of drug-likeness (QED) is 0.238. The fraction of sp³-hybridized carbons (Fsp3) is 0.250. The summed E-state index contributed by atoms with van der Waals surface area (Å²) in [7, 11) is 1.63. The zero-order chi connectivity index (χ0) is 26.0. The van der Waals surface area contributed by atoms with Gasteiger partial charge in [0.25, 0.3) is 5.91 Å². The van der Waals surface area contributed by atoms with E-state index in [1.807, 2.05) is 66.2 Å². The number of aryl methyl sites for hydroxylation is 2. The van der Waals surface area contributed by atoms with Crippen molar-refractivity contribution in [2.24, 2.45) is 0 Å². The highest BCUT2D eigenvalue weighted by Gasteiger charge is 2.13. The van der Waals surface area contributed by atoms with Crippen LogP contribution in [0.15, 0.2) is 71.6 Å². The zero-order valence-corrected chi connectivity index (χ0v) is 22.4. The fourth-order valence-corrected chi connectivity index (χ4v) is 5.01. The highest BCUT2D eigenvalue weighted by atomic mass is 32.1. The summed E-state index contributed by atoms with van der Waals surface area (Å²) in [5.74, 6) is 0.358. The molecule has 9 heteroatoms. The molecule has 0 unspecified atom stereocenters. The number of hydrogen-bond acceptors (Lipinski definition) is 7. The lowest BCUT2D eigenvalue weighted by molar-refractivity contribution is -0.115. The first kappa shape index (κ1) is 26.5. The minimum Gasteiger partial charge on any atom is -0.488 e. The molecule has 2 aromatic carbocycles. The lowest BCUT2D eigenvalue weighted by Gasteiger charge is -2.16. The molecule has 4 aromatic rings. The van der Waals surface area contributed by atoms with Crippen LogP contribution >= 0.6 is 22.7 Å². The molecule has 37 heavy (non-hydrogen) atoms. The minimum atomic E-state index is -0.233. The summed E-state index contributed by atoms with van der Waals surface area (Å²) in [6.45, 7) is 2.37. The summed E-state index contributed by atoms with van der Waals surface area (Å²) in [4.78, 5) is 30.3. The first-order valence-corrected chi connectivity index (χ1v) is 13.7. The van der Waals surface area contributed by atoms with E-state index in [0.717, 1.165) is 34.5 Å². The van der Waals surface area contributed by atoms with Crippen LogP contribution in [0.5, 0.6) is 5.75 Å². The zero-order valence-electron chi connectivity index (χ0n) is 20.7. The second-order valence-electron chi connectivity index (χ2n) is 8.54. The van der Waals surface area contributed by atoms with Crippen LogP contribution in [0.2, 0.25) is 0 Å². The van der Waals surface area contributed by atoms with E-state index in [1.54, 1.807) is 30.7 Å². The SMILES string of the molecule is COC[C@H](C)Oc1cc(CCc2ccc(NC(=O)Cc3cccs3)cc2)cc(C(=O)Nc2nccs2)c1. The number of nitrogens with one attached hydrogen (secondary N) is 2. The molecule has 0 fully saturated rings. The van der Waals surface area contributed by atoms with Crippen LogP contribution in [0.1, 0.15) is 33.3 Å². The van der Waals surface area contributed by atoms with E-state index in [0.29, 0.717) is 29.5 Å². The molecule has 1 atom stereocenters. The molecule has 0 saturated carbocycles. The first-order chi connectivity index (χ1) is 18.0. The van der Waals surface area contributed by atoms with Gasteiger partial charge in [-0.15, -0.1) is 22.7 Å². The smallest absolute Gasteiger partial charge is 0.257 e. The maximum absolute atomic E-state index is 12.9. The number of ether oxygens (including phenoxy) is 2. The van der Waals surface area contributed by atoms with E-state index >= 15 is 0 Å². The highest BCUT2D eigenvalue weighted by molar-refractivity contribution is 7.13. The van der Waals surface area contributed by atoms with Crippen molar-refractivity contribution in [3.8, 4) is 5.75 Å². The molecule has 7 nitrogen and oxygen atoms in total. The van der Waals surface area contributed by atoms with Crippen molar-refractivity contribution in [1.29, 1.82) is 0 Å². The minimum absolute atomic E-state index is 0.0294. The summed E-state index contributed by atoms with van der Waals surface area (Å²) in [5, 5.41) is 10.1. The Labute approximate surface area is 224 Å². The molecule has 192 valence electrons. The lowest BCUT2D eigenvalue weighted by atomic mass is 10.0. The van der Waals surface area contributed by atoms with Crippen LogP contribution in [0.25, 0.3) is 0 Å². The summed E-state index contributed by atoms with van der Waals surface area (Å²) in [6.07, 6.45) is 3.36. The summed E-state index contributed by atoms with van der Waals surface area (Å²) >= 11 is 2.94. The molecule has 2 N–H and O–H groups in total. The van der Waals surface area contributed by atoms with Crippen molar-refractivity contribution in [3.05, 3.63) is 93.1 Å². The van der Waals surface area contributed by atoms with Crippen molar-refractivity contribution < 1.29 is 19.1 Å². The number of amides is 2. The summed E-state index contributed by atoms with van der Waals surface area (Å²) in [6, 6.07) is 17.4. The van der Waals surface area contributed by atoms with E-state index in [2.05, 4.69) is 15.6 Å². The number of methoxy groups -OCH3 is 1. The predicted molar refractivity (Wildman–Crippen MR) is 149 cm³/mol. The van der Waals surface area contributed by atoms with Gasteiger partial charge in [0.05, 0.1) is 13.0 Å². The Bertz CT molecular complexity index is 1290. The number of anilines is 2. The third-order valence-corrected chi connectivity index (χ3v) is 7.04. The second-order valence-corrected chi connectivity index (χ2v) is 10.5. The van der Waals surface area contributed by atoms with Crippen molar-refractivity contribution in [1.82, 2.24) is 4.98 Å². The van der Waals surface area contributed by atoms with Crippen LogP contribution in [0, 0.1) is 0 Å². The number of rotatable bonds is 12. The lowest BCUT2D eigenvalue weighted by Crippen LogP contribution is -2.19. The van der Waals surface area contributed by atoms with Gasteiger partial charge in [0.1, 0.15) is 11.9 Å². The number of thiazole rings is 1. The predicted octanol–water partition coefficient (Wildman–Crippen LogP) is 5.84. The van der Waals surface area contributed by atoms with E-state index in [1.165, 1.54) is 11.3 Å². The summed E-state index contributed by atoms with van der Waals surface area (Å²) in [5.41, 5.74) is 3.40. The van der Waals surface area contributed by atoms with Crippen molar-refractivity contribution >= 4 is 45.3 Å². The molecule has 0 spiro atoms. The molecule has 0 aliphatic heterocycles. The Morgan fingerprint density at radius 3 is 2.49 bits per heavy atom. The average molecular weight is 536 g/mol. The van der Waals surface area contributed by atoms with E-state index in [-0.39, 0.29) is 17.9 Å². The Morgan fingerprint density at radius 2 is 1.78 bits per heavy atom. The standard InChI is InChI=1S/C28H29N3O4S2/c1-19(18-34-2)35-24-15-21(14-22(16-24)27(33)31-28-29-11-13-37-28)6-5-20-7-9-23(10-8-20)30-26(32)17-25-4-3-12-36-25/h3-4,7-16,19H,5-6,17-18H2,1-2H3,(H,30,32)(H,29,31,33)/t19-/m0/s1. The van der Waals surface area contributed by atoms with Gasteiger partial charge < -0.3 is 14.8 Å². The normalized spacial score (nSPS) is 11.6. The van der Waals surface area contributed by atoms with Gasteiger partial charge in [-0.3, -0.25) is 14.9 Å². The average Bonchev–Trinajstić information content (AvgIpc) is 3.58. The van der Waals surface area contributed by atoms with Crippen LogP contribution in [-0.4, -0.2) is 36.6 Å². The van der Waals surface area contributed by atoms with Gasteiger partial charge in [0, 0.05) is 34.8 Å². The van der Waals surface area contributed by atoms with Gasteiger partial charge >= 0.3 is 0 Å². The van der Waals surface area contributed by atoms with Gasteiger partial charge in [-0.1, -0.05) is 18.2 Å². The number of carbonyl (C=O) groups excluding carboxylic acids is 2. The first-order valence-electron chi connectivity index (χ1n) is 11.9. The molecule has 0 bridgehead atoms. The maximum Gasteiger partial charge on any atom is 0.257 e. The van der Waals surface area contributed by atoms with E-state index < -0.39 is 0 Å². The Balaban J connectivity index is 1.40. The van der Waals surface area contributed by atoms with Gasteiger partial charge in [-0.2, -0.15) is 0 Å². The van der Waals surface area contributed by atoms with Crippen LogP contribution < -0.4 is 15.4 Å². The third kappa shape index (κ3) is 8.24. The number of hydrogen-bond donors (Lipinski definition) is 2. The molecule has 0 aliphatic carbocycles. The van der Waals surface area contributed by atoms with Gasteiger partial charge in [-0.25, -0.2) is 4.98 Å². The molecular formula is C28H29N3O4S2. The Morgan fingerprint density at radius 1 is 0.973 bits per heavy atom. The maximum atomic E-state index is 12.9. The van der Waals surface area contributed by atoms with Crippen molar-refractivity contribution in [2.45, 2.75) is 32.3 Å². The molecule has 2 aromatic heterocycles. The number of benzene rings is 2. The monoisotopic (exact) mass is 535 g/mol. The molecule has 0 radical (unpaired) electrons. The molecule has 0 aliphatic rings. The van der Waals surface area contributed by atoms with Crippen molar-refractivity contribution in [2.75, 3.05) is 24.4 Å². The number of thiophene rings is 1. The molecule has 2 heterocycles. The van der Waals surface area contributed by atoms with Crippen LogP contribution in [0.4, 0.5) is 10.8 Å². The van der Waals surface area contributed by atoms with Gasteiger partial charge in [0.15, 0.2) is 5.13 Å². The number of aromatic nitrogens is 1. The van der Waals surface area contributed by atoms with E-state index in [4.69, 9.17) is 9.47 Å². The topological polar surface area (TPSA) is 89.5 Å². The highest BCUT2D eigenvalue weighted by Crippen LogP contribution is 2.22. The van der Waals surface area contributed by atoms with E-state index in [9.17, 15) is 9.59 Å². The van der Waals surface area contributed by atoms with Gasteiger partial charge in [-0.05, 0) is 72.7 Å². The van der Waals surface area contributed by atoms with Crippen LogP contribution in [-0.2, 0) is 28.8 Å². The van der Waals surface area contributed by atoms with Crippen molar-refractivity contribution in [3.63, 3.8) is 0 Å².